The van der Waals surface area contributed by atoms with Crippen molar-refractivity contribution in [1.82, 2.24) is 15.3 Å². The van der Waals surface area contributed by atoms with E-state index in [0.717, 1.165) is 0 Å². The van der Waals surface area contributed by atoms with Gasteiger partial charge in [-0.3, -0.25) is 4.79 Å². The predicted molar refractivity (Wildman–Crippen MR) is 62.4 cm³/mol. The van der Waals surface area contributed by atoms with Crippen LogP contribution in [0, 0.1) is 0 Å². The number of hydrogen-bond acceptors (Lipinski definition) is 4. The molecule has 1 rings (SSSR count). The van der Waals surface area contributed by atoms with Gasteiger partial charge in [-0.15, -0.1) is 0 Å². The van der Waals surface area contributed by atoms with E-state index >= 15 is 0 Å². The van der Waals surface area contributed by atoms with Crippen molar-refractivity contribution in [3.63, 3.8) is 0 Å². The second-order valence-electron chi connectivity index (χ2n) is 2.98. The molecule has 1 N–H and O–H groups in total. The normalized spacial score (nSPS) is 12.2. The van der Waals surface area contributed by atoms with E-state index in [9.17, 15) is 4.79 Å². The molecular formula is C9H12ClN3OS. The van der Waals surface area contributed by atoms with Crippen LogP contribution >= 0.6 is 23.4 Å². The van der Waals surface area contributed by atoms with Gasteiger partial charge in [0.15, 0.2) is 0 Å². The van der Waals surface area contributed by atoms with Gasteiger partial charge in [-0.05, 0) is 6.26 Å². The van der Waals surface area contributed by atoms with E-state index in [2.05, 4.69) is 15.3 Å². The summed E-state index contributed by atoms with van der Waals surface area (Å²) in [6.07, 6.45) is 4.72. The van der Waals surface area contributed by atoms with E-state index < -0.39 is 0 Å². The number of nitrogens with zero attached hydrogens (tertiary/aromatic N) is 2. The number of hydrogen-bond donors (Lipinski definition) is 1. The van der Waals surface area contributed by atoms with Gasteiger partial charge in [0.05, 0.1) is 12.4 Å². The summed E-state index contributed by atoms with van der Waals surface area (Å²) in [7, 11) is 0. The number of carbonyl (C=O) groups is 1. The minimum Gasteiger partial charge on any atom is -0.350 e. The van der Waals surface area contributed by atoms with E-state index in [1.165, 1.54) is 12.4 Å². The first-order chi connectivity index (χ1) is 7.13. The zero-order valence-corrected chi connectivity index (χ0v) is 10.1. The Labute approximate surface area is 97.8 Å². The van der Waals surface area contributed by atoms with Crippen molar-refractivity contribution >= 4 is 29.3 Å². The van der Waals surface area contributed by atoms with Crippen LogP contribution in [0.25, 0.3) is 0 Å². The van der Waals surface area contributed by atoms with E-state index in [0.29, 0.717) is 11.8 Å². The number of carbonyl (C=O) groups excluding carboxylic acids is 1. The van der Waals surface area contributed by atoms with E-state index in [1.54, 1.807) is 11.8 Å². The summed E-state index contributed by atoms with van der Waals surface area (Å²) >= 11 is 7.25. The number of amides is 1. The molecule has 0 bridgehead atoms. The van der Waals surface area contributed by atoms with Gasteiger partial charge in [-0.2, -0.15) is 11.8 Å². The van der Waals surface area contributed by atoms with Gasteiger partial charge < -0.3 is 5.32 Å². The third kappa shape index (κ3) is 4.05. The molecule has 0 fully saturated rings. The Morgan fingerprint density at radius 1 is 1.60 bits per heavy atom. The van der Waals surface area contributed by atoms with Crippen LogP contribution < -0.4 is 5.32 Å². The summed E-state index contributed by atoms with van der Waals surface area (Å²) in [4.78, 5) is 19.2. The fourth-order valence-corrected chi connectivity index (χ4v) is 1.19. The molecular weight excluding hydrogens is 234 g/mol. The highest BCUT2D eigenvalue weighted by Gasteiger charge is 2.08. The maximum atomic E-state index is 11.5. The van der Waals surface area contributed by atoms with Crippen LogP contribution in [0.4, 0.5) is 0 Å². The monoisotopic (exact) mass is 245 g/mol. The van der Waals surface area contributed by atoms with Gasteiger partial charge in [0.25, 0.3) is 5.91 Å². The minimum absolute atomic E-state index is 0.222. The van der Waals surface area contributed by atoms with Crippen molar-refractivity contribution in [1.29, 1.82) is 0 Å². The summed E-state index contributed by atoms with van der Waals surface area (Å²) in [6, 6.07) is 0. The molecule has 0 aliphatic carbocycles. The van der Waals surface area contributed by atoms with Crippen LogP contribution in [-0.2, 0) is 0 Å². The largest absolute Gasteiger partial charge is 0.350 e. The number of nitrogens with one attached hydrogen (secondary N) is 1. The first-order valence-corrected chi connectivity index (χ1v) is 6.08. The van der Waals surface area contributed by atoms with E-state index in [-0.39, 0.29) is 16.8 Å². The van der Waals surface area contributed by atoms with Crippen molar-refractivity contribution in [2.45, 2.75) is 12.2 Å². The van der Waals surface area contributed by atoms with E-state index in [4.69, 9.17) is 11.6 Å². The molecule has 1 atom stereocenters. The molecule has 82 valence electrons. The highest BCUT2D eigenvalue weighted by atomic mass is 35.5. The second kappa shape index (κ2) is 5.92. The van der Waals surface area contributed by atoms with Crippen LogP contribution in [0.1, 0.15) is 17.4 Å². The molecule has 0 aliphatic heterocycles. The van der Waals surface area contributed by atoms with Crippen LogP contribution in [0.5, 0.6) is 0 Å². The smallest absolute Gasteiger partial charge is 0.271 e. The Balaban J connectivity index is 2.50. The lowest BCUT2D eigenvalue weighted by Gasteiger charge is -2.08. The fraction of sp³-hybridized carbons (Fsp3) is 0.444. The molecule has 1 unspecified atom stereocenters. The number of thioether (sulfide) groups is 1. The maximum absolute atomic E-state index is 11.5. The van der Waals surface area contributed by atoms with Gasteiger partial charge in [0.1, 0.15) is 10.8 Å². The fourth-order valence-electron chi connectivity index (χ4n) is 0.840. The molecule has 15 heavy (non-hydrogen) atoms. The van der Waals surface area contributed by atoms with Crippen LogP contribution in [0.2, 0.25) is 5.15 Å². The molecule has 0 aliphatic rings. The Kier molecular flexibility index (Phi) is 4.84. The van der Waals surface area contributed by atoms with Gasteiger partial charge in [0, 0.05) is 11.8 Å². The number of aromatic nitrogens is 2. The molecule has 0 radical (unpaired) electrons. The number of rotatable bonds is 4. The predicted octanol–water partition coefficient (Wildman–Crippen LogP) is 1.61. The van der Waals surface area contributed by atoms with Crippen LogP contribution in [0.15, 0.2) is 12.4 Å². The Morgan fingerprint density at radius 3 is 2.87 bits per heavy atom. The zero-order valence-electron chi connectivity index (χ0n) is 8.53. The summed E-state index contributed by atoms with van der Waals surface area (Å²) in [5.74, 6) is -0.222. The molecule has 0 aromatic carbocycles. The lowest BCUT2D eigenvalue weighted by molar-refractivity contribution is 0.0949. The summed E-state index contributed by atoms with van der Waals surface area (Å²) in [6.45, 7) is 2.66. The average molecular weight is 246 g/mol. The maximum Gasteiger partial charge on any atom is 0.271 e. The summed E-state index contributed by atoms with van der Waals surface area (Å²) in [5.41, 5.74) is 0.285. The van der Waals surface area contributed by atoms with Gasteiger partial charge in [-0.25, -0.2) is 9.97 Å². The van der Waals surface area contributed by atoms with Crippen molar-refractivity contribution < 1.29 is 4.79 Å². The Bertz CT molecular complexity index is 331. The van der Waals surface area contributed by atoms with E-state index in [1.807, 2.05) is 13.2 Å². The minimum atomic E-state index is -0.222. The third-order valence-corrected chi connectivity index (χ3v) is 2.97. The molecule has 4 nitrogen and oxygen atoms in total. The quantitative estimate of drug-likeness (QED) is 0.876. The highest BCUT2D eigenvalue weighted by molar-refractivity contribution is 7.99. The molecule has 1 aromatic heterocycles. The Morgan fingerprint density at radius 2 is 2.33 bits per heavy atom. The average Bonchev–Trinajstić information content (AvgIpc) is 2.26. The summed E-state index contributed by atoms with van der Waals surface area (Å²) in [5, 5.41) is 3.43. The molecule has 1 aromatic rings. The van der Waals surface area contributed by atoms with Gasteiger partial charge >= 0.3 is 0 Å². The molecule has 0 saturated carbocycles. The molecule has 1 heterocycles. The summed E-state index contributed by atoms with van der Waals surface area (Å²) < 4.78 is 0. The first-order valence-electron chi connectivity index (χ1n) is 4.42. The van der Waals surface area contributed by atoms with Crippen LogP contribution in [-0.4, -0.2) is 33.9 Å². The van der Waals surface area contributed by atoms with Gasteiger partial charge in [-0.1, -0.05) is 18.5 Å². The standard InChI is InChI=1S/C9H12ClN3OS/c1-6(15-2)3-13-9(14)7-4-12-8(10)5-11-7/h4-6H,3H2,1-2H3,(H,13,14). The van der Waals surface area contributed by atoms with Crippen molar-refractivity contribution in [2.75, 3.05) is 12.8 Å². The van der Waals surface area contributed by atoms with Crippen molar-refractivity contribution in [3.05, 3.63) is 23.2 Å². The topological polar surface area (TPSA) is 54.9 Å². The molecule has 0 saturated heterocycles. The highest BCUT2D eigenvalue weighted by Crippen LogP contribution is 2.04. The van der Waals surface area contributed by atoms with Crippen molar-refractivity contribution in [3.8, 4) is 0 Å². The third-order valence-electron chi connectivity index (χ3n) is 1.81. The molecule has 1 amide bonds. The first kappa shape index (κ1) is 12.3. The second-order valence-corrected chi connectivity index (χ2v) is 4.64. The zero-order chi connectivity index (χ0) is 11.3. The van der Waals surface area contributed by atoms with Crippen LogP contribution in [0.3, 0.4) is 0 Å². The molecule has 6 heteroatoms. The molecule has 0 spiro atoms. The van der Waals surface area contributed by atoms with Crippen molar-refractivity contribution in [2.24, 2.45) is 0 Å². The number of halogens is 1. The van der Waals surface area contributed by atoms with Gasteiger partial charge in [0.2, 0.25) is 0 Å². The Hall–Kier alpha value is -0.810. The lowest BCUT2D eigenvalue weighted by atomic mass is 10.4. The SMILES string of the molecule is CSC(C)CNC(=O)c1cnc(Cl)cn1. The lowest BCUT2D eigenvalue weighted by Crippen LogP contribution is -2.30.